The van der Waals surface area contributed by atoms with Gasteiger partial charge in [-0.3, -0.25) is 9.59 Å². The van der Waals surface area contributed by atoms with Gasteiger partial charge in [-0.15, -0.1) is 11.3 Å². The average molecular weight is 572 g/mol. The number of methoxy groups -OCH3 is 1. The smallest absolute Gasteiger partial charge is 0.257 e. The number of nitrogens with one attached hydrogen (secondary N) is 2. The van der Waals surface area contributed by atoms with E-state index in [1.807, 2.05) is 36.4 Å². The summed E-state index contributed by atoms with van der Waals surface area (Å²) in [5.74, 6) is 0.901. The molecule has 12 heteroatoms. The first kappa shape index (κ1) is 27.0. The van der Waals surface area contributed by atoms with E-state index in [1.54, 1.807) is 16.3 Å². The molecule has 0 fully saturated rings. The number of carbonyl (C=O) groups excluding carboxylic acids is 2. The number of hydrogen-bond donors (Lipinski definition) is 2. The molecule has 39 heavy (non-hydrogen) atoms. The molecule has 1 aromatic heterocycles. The van der Waals surface area contributed by atoms with Gasteiger partial charge in [0.15, 0.2) is 18.1 Å². The summed E-state index contributed by atoms with van der Waals surface area (Å²) >= 11 is 1.09. The van der Waals surface area contributed by atoms with E-state index >= 15 is 0 Å². The molecular weight excluding hydrogens is 542 g/mol. The lowest BCUT2D eigenvalue weighted by atomic mass is 9.87. The Labute approximate surface area is 230 Å². The second-order valence-electron chi connectivity index (χ2n) is 9.11. The van der Waals surface area contributed by atoms with Crippen molar-refractivity contribution in [2.24, 2.45) is 0 Å². The average Bonchev–Trinajstić information content (AvgIpc) is 3.49. The van der Waals surface area contributed by atoms with Crippen LogP contribution in [0.5, 0.6) is 17.2 Å². The molecule has 0 spiro atoms. The van der Waals surface area contributed by atoms with Crippen LogP contribution in [0.15, 0.2) is 58.1 Å². The van der Waals surface area contributed by atoms with Crippen LogP contribution in [0.2, 0.25) is 0 Å². The zero-order chi connectivity index (χ0) is 27.4. The van der Waals surface area contributed by atoms with Crippen LogP contribution in [-0.4, -0.2) is 65.1 Å². The molecule has 2 N–H and O–H groups in total. The van der Waals surface area contributed by atoms with Crippen molar-refractivity contribution in [2.45, 2.75) is 23.1 Å². The molecule has 0 radical (unpaired) electrons. The lowest BCUT2D eigenvalue weighted by molar-refractivity contribution is -0.132. The zero-order valence-corrected chi connectivity index (χ0v) is 23.0. The van der Waals surface area contributed by atoms with E-state index in [9.17, 15) is 18.0 Å². The number of nitrogens with zero attached hydrogens (tertiary/aromatic N) is 1. The van der Waals surface area contributed by atoms with Crippen LogP contribution in [-0.2, 0) is 26.0 Å². The van der Waals surface area contributed by atoms with E-state index in [-0.39, 0.29) is 29.2 Å². The highest BCUT2D eigenvalue weighted by atomic mass is 32.2. The second kappa shape index (κ2) is 11.6. The fraction of sp³-hybridized carbons (Fsp3) is 0.333. The Morgan fingerprint density at radius 3 is 2.87 bits per heavy atom. The van der Waals surface area contributed by atoms with Gasteiger partial charge in [0, 0.05) is 13.1 Å². The van der Waals surface area contributed by atoms with Crippen molar-refractivity contribution < 1.29 is 32.2 Å². The quantitative estimate of drug-likeness (QED) is 0.482. The third-order valence-corrected chi connectivity index (χ3v) is 9.39. The molecule has 0 aliphatic carbocycles. The van der Waals surface area contributed by atoms with Gasteiger partial charge in [-0.2, -0.15) is 0 Å². The lowest BCUT2D eigenvalue weighted by Crippen LogP contribution is -2.45. The van der Waals surface area contributed by atoms with E-state index in [0.717, 1.165) is 28.0 Å². The summed E-state index contributed by atoms with van der Waals surface area (Å²) in [7, 11) is -2.29. The Hall–Kier alpha value is -3.61. The summed E-state index contributed by atoms with van der Waals surface area (Å²) in [6.07, 6.45) is 1.12. The van der Waals surface area contributed by atoms with Crippen molar-refractivity contribution in [1.82, 2.24) is 14.9 Å². The minimum absolute atomic E-state index is 0.153. The molecule has 0 saturated carbocycles. The monoisotopic (exact) mass is 571 g/mol. The van der Waals surface area contributed by atoms with Gasteiger partial charge in [-0.25, -0.2) is 13.1 Å². The number of sulfonamides is 1. The zero-order valence-electron chi connectivity index (χ0n) is 21.3. The molecule has 6 bridgehead atoms. The minimum atomic E-state index is -3.80. The van der Waals surface area contributed by atoms with Gasteiger partial charge in [0.25, 0.3) is 15.9 Å². The highest BCUT2D eigenvalue weighted by molar-refractivity contribution is 7.91. The fourth-order valence-corrected chi connectivity index (χ4v) is 6.74. The summed E-state index contributed by atoms with van der Waals surface area (Å²) in [5.41, 5.74) is 2.59. The molecule has 6 rings (SSSR count). The number of benzene rings is 2. The molecule has 4 heterocycles. The van der Waals surface area contributed by atoms with Crippen LogP contribution in [0.3, 0.4) is 0 Å². The molecule has 1 unspecified atom stereocenters. The highest BCUT2D eigenvalue weighted by Gasteiger charge is 2.34. The number of ether oxygens (including phenoxy) is 3. The fourth-order valence-electron chi connectivity index (χ4n) is 4.73. The molecule has 2 aromatic carbocycles. The van der Waals surface area contributed by atoms with E-state index < -0.39 is 16.1 Å². The third kappa shape index (κ3) is 6.02. The molecule has 206 valence electrons. The first-order valence-electron chi connectivity index (χ1n) is 12.5. The number of fused-ring (bicyclic) bond motifs is 8. The maximum atomic E-state index is 13.5. The van der Waals surface area contributed by atoms with E-state index in [1.165, 1.54) is 13.2 Å². The van der Waals surface area contributed by atoms with Gasteiger partial charge in [0.2, 0.25) is 5.91 Å². The van der Waals surface area contributed by atoms with Crippen LogP contribution in [0.25, 0.3) is 0 Å². The van der Waals surface area contributed by atoms with Crippen molar-refractivity contribution in [3.8, 4) is 17.2 Å². The van der Waals surface area contributed by atoms with Gasteiger partial charge >= 0.3 is 0 Å². The molecular formula is C27H29N3O7S2. The number of amides is 2. The van der Waals surface area contributed by atoms with Crippen LogP contribution >= 0.6 is 11.3 Å². The molecule has 3 aliphatic heterocycles. The maximum absolute atomic E-state index is 13.5. The van der Waals surface area contributed by atoms with Crippen molar-refractivity contribution in [1.29, 1.82) is 0 Å². The number of hydrogen-bond acceptors (Lipinski definition) is 8. The topological polar surface area (TPSA) is 123 Å². The Morgan fingerprint density at radius 2 is 2.08 bits per heavy atom. The van der Waals surface area contributed by atoms with Crippen molar-refractivity contribution in [3.05, 3.63) is 70.6 Å². The van der Waals surface area contributed by atoms with Crippen LogP contribution in [0.4, 0.5) is 0 Å². The number of rotatable bonds is 5. The van der Waals surface area contributed by atoms with E-state index in [0.29, 0.717) is 49.8 Å². The van der Waals surface area contributed by atoms with Crippen LogP contribution in [0, 0.1) is 0 Å². The lowest BCUT2D eigenvalue weighted by Gasteiger charge is -2.38. The normalized spacial score (nSPS) is 17.6. The SMILES string of the molecule is COc1cc2c3cc1OCC(=O)NCCCOc1cccc(c1)C2N(C(=O)CNS(=O)(=O)c1cccs1)CC3. The predicted molar refractivity (Wildman–Crippen MR) is 145 cm³/mol. The summed E-state index contributed by atoms with van der Waals surface area (Å²) < 4.78 is 45.2. The van der Waals surface area contributed by atoms with Crippen LogP contribution < -0.4 is 24.2 Å². The summed E-state index contributed by atoms with van der Waals surface area (Å²) in [4.78, 5) is 27.5. The number of thiophene rings is 1. The standard InChI is InChI=1S/C27H29N3O7S2/c1-35-22-15-21-18-8-10-30(25(32)16-29-39(33,34)26-7-3-12-38-26)27(21)19-5-2-6-20(13-19)36-11-4-9-28-24(31)17-37-23(22)14-18/h2-3,5-7,12-15,27,29H,4,8-11,16-17H2,1H3,(H,28,31). The van der Waals surface area contributed by atoms with E-state index in [2.05, 4.69) is 10.0 Å². The summed E-state index contributed by atoms with van der Waals surface area (Å²) in [6, 6.07) is 13.8. The Bertz CT molecular complexity index is 1460. The van der Waals surface area contributed by atoms with Gasteiger partial charge < -0.3 is 24.4 Å². The van der Waals surface area contributed by atoms with Crippen LogP contribution in [0.1, 0.15) is 29.2 Å². The molecule has 1 atom stereocenters. The predicted octanol–water partition coefficient (Wildman–Crippen LogP) is 2.49. The largest absolute Gasteiger partial charge is 0.494 e. The molecule has 0 saturated heterocycles. The third-order valence-electron chi connectivity index (χ3n) is 6.59. The molecule has 2 amide bonds. The van der Waals surface area contributed by atoms with Crippen molar-refractivity contribution in [2.75, 3.05) is 40.0 Å². The van der Waals surface area contributed by atoms with Gasteiger partial charge in [0.1, 0.15) is 9.96 Å². The molecule has 10 nitrogen and oxygen atoms in total. The van der Waals surface area contributed by atoms with Gasteiger partial charge in [-0.05, 0) is 65.2 Å². The second-order valence-corrected chi connectivity index (χ2v) is 12.1. The van der Waals surface area contributed by atoms with Crippen molar-refractivity contribution in [3.63, 3.8) is 0 Å². The summed E-state index contributed by atoms with van der Waals surface area (Å²) in [6.45, 7) is 0.655. The molecule has 3 aliphatic rings. The Morgan fingerprint density at radius 1 is 1.21 bits per heavy atom. The van der Waals surface area contributed by atoms with Crippen molar-refractivity contribution >= 4 is 33.2 Å². The first-order valence-corrected chi connectivity index (χ1v) is 14.9. The highest BCUT2D eigenvalue weighted by Crippen LogP contribution is 2.41. The Balaban J connectivity index is 1.52. The summed E-state index contributed by atoms with van der Waals surface area (Å²) in [5, 5.41) is 4.49. The maximum Gasteiger partial charge on any atom is 0.257 e. The van der Waals surface area contributed by atoms with E-state index in [4.69, 9.17) is 14.2 Å². The van der Waals surface area contributed by atoms with Gasteiger partial charge in [0.05, 0.1) is 26.3 Å². The minimum Gasteiger partial charge on any atom is -0.494 e. The van der Waals surface area contributed by atoms with Gasteiger partial charge in [-0.1, -0.05) is 18.2 Å². The first-order chi connectivity index (χ1) is 18.9. The number of carbonyl (C=O) groups is 2. The molecule has 3 aromatic rings. The Kier molecular flexibility index (Phi) is 8.05.